The molecule has 0 atom stereocenters. The van der Waals surface area contributed by atoms with Crippen LogP contribution in [0.3, 0.4) is 0 Å². The minimum atomic E-state index is 0.679. The highest BCUT2D eigenvalue weighted by atomic mass is 79.9. The smallest absolute Gasteiger partial charge is 0.1000 e. The Morgan fingerprint density at radius 1 is 1.00 bits per heavy atom. The highest BCUT2D eigenvalue weighted by Crippen LogP contribution is 2.25. The second-order valence-electron chi connectivity index (χ2n) is 5.58. The molecular weight excluding hydrogens is 338 g/mol. The average Bonchev–Trinajstić information content (AvgIpc) is 2.50. The van der Waals surface area contributed by atoms with Gasteiger partial charge in [0, 0.05) is 16.6 Å². The van der Waals surface area contributed by atoms with Crippen LogP contribution in [0.15, 0.2) is 59.3 Å². The zero-order chi connectivity index (χ0) is 15.9. The number of likely N-dealkylation sites (N-methyl/N-ethyl adjacent to an activating group) is 1. The van der Waals surface area contributed by atoms with Gasteiger partial charge < -0.3 is 9.64 Å². The third-order valence-corrected chi connectivity index (χ3v) is 3.90. The molecule has 0 fully saturated rings. The first-order valence-electron chi connectivity index (χ1n) is 7.36. The minimum absolute atomic E-state index is 0.679. The molecule has 116 valence electrons. The summed E-state index contributed by atoms with van der Waals surface area (Å²) in [5.74, 6) is 0. The lowest BCUT2D eigenvalue weighted by Gasteiger charge is -2.12. The second kappa shape index (κ2) is 8.16. The summed E-state index contributed by atoms with van der Waals surface area (Å²) in [4.78, 5) is 2.11. The van der Waals surface area contributed by atoms with Gasteiger partial charge in [0.15, 0.2) is 0 Å². The minimum Gasteiger partial charge on any atom is -0.499 e. The van der Waals surface area contributed by atoms with Crippen molar-refractivity contribution in [3.8, 4) is 0 Å². The summed E-state index contributed by atoms with van der Waals surface area (Å²) in [5, 5.41) is 0. The fourth-order valence-corrected chi connectivity index (χ4v) is 2.31. The molecule has 0 aliphatic carbocycles. The van der Waals surface area contributed by atoms with Gasteiger partial charge in [-0.2, -0.15) is 0 Å². The third kappa shape index (κ3) is 5.00. The molecule has 0 bridgehead atoms. The molecule has 0 heterocycles. The molecule has 2 nitrogen and oxygen atoms in total. The van der Waals surface area contributed by atoms with E-state index in [2.05, 4.69) is 76.3 Å². The monoisotopic (exact) mass is 359 g/mol. The van der Waals surface area contributed by atoms with E-state index < -0.39 is 0 Å². The summed E-state index contributed by atoms with van der Waals surface area (Å²) in [5.41, 5.74) is 4.67. The molecule has 0 aromatic heterocycles. The lowest BCUT2D eigenvalue weighted by atomic mass is 9.98. The van der Waals surface area contributed by atoms with E-state index in [1.165, 1.54) is 5.56 Å². The predicted octanol–water partition coefficient (Wildman–Crippen LogP) is 4.72. The van der Waals surface area contributed by atoms with E-state index in [4.69, 9.17) is 4.74 Å². The molecule has 0 unspecified atom stereocenters. The topological polar surface area (TPSA) is 12.5 Å². The Labute approximate surface area is 141 Å². The van der Waals surface area contributed by atoms with E-state index in [1.54, 1.807) is 0 Å². The molecule has 0 aliphatic heterocycles. The molecule has 0 saturated heterocycles. The molecule has 2 rings (SSSR count). The number of halogens is 1. The van der Waals surface area contributed by atoms with Crippen LogP contribution in [0.5, 0.6) is 0 Å². The van der Waals surface area contributed by atoms with Crippen LogP contribution >= 0.6 is 15.9 Å². The first-order valence-corrected chi connectivity index (χ1v) is 8.15. The van der Waals surface area contributed by atoms with Gasteiger partial charge in [0.25, 0.3) is 0 Å². The zero-order valence-corrected chi connectivity index (χ0v) is 14.9. The SMILES string of the molecule is Cc1ccc(/C(=C/OCCN(C)C)c2ccc(Br)cc2)cc1. The van der Waals surface area contributed by atoms with Crippen LogP contribution in [0, 0.1) is 6.92 Å². The number of ether oxygens (including phenoxy) is 1. The first kappa shape index (κ1) is 16.8. The standard InChI is InChI=1S/C19H22BrNO/c1-15-4-6-16(7-5-15)19(14-22-13-12-21(2)3)17-8-10-18(20)11-9-17/h4-11,14H,12-13H2,1-3H3/b19-14-. The maximum absolute atomic E-state index is 5.76. The first-order chi connectivity index (χ1) is 10.6. The van der Waals surface area contributed by atoms with Crippen LogP contribution in [0.1, 0.15) is 16.7 Å². The van der Waals surface area contributed by atoms with Crippen molar-refractivity contribution in [2.24, 2.45) is 0 Å². The molecule has 0 radical (unpaired) electrons. The molecule has 0 spiro atoms. The molecule has 0 N–H and O–H groups in total. The van der Waals surface area contributed by atoms with Crippen molar-refractivity contribution < 1.29 is 4.74 Å². The number of rotatable bonds is 6. The van der Waals surface area contributed by atoms with E-state index in [-0.39, 0.29) is 0 Å². The lowest BCUT2D eigenvalue weighted by Crippen LogP contribution is -2.16. The van der Waals surface area contributed by atoms with Crippen LogP contribution in [-0.4, -0.2) is 32.1 Å². The van der Waals surface area contributed by atoms with Crippen molar-refractivity contribution in [2.75, 3.05) is 27.2 Å². The van der Waals surface area contributed by atoms with Crippen LogP contribution in [0.25, 0.3) is 5.57 Å². The largest absolute Gasteiger partial charge is 0.499 e. The van der Waals surface area contributed by atoms with Crippen molar-refractivity contribution in [3.05, 3.63) is 76.0 Å². The number of aryl methyl sites for hydroxylation is 1. The van der Waals surface area contributed by atoms with Gasteiger partial charge in [-0.1, -0.05) is 57.9 Å². The zero-order valence-electron chi connectivity index (χ0n) is 13.3. The molecule has 2 aromatic rings. The van der Waals surface area contributed by atoms with Gasteiger partial charge in [-0.3, -0.25) is 0 Å². The lowest BCUT2D eigenvalue weighted by molar-refractivity contribution is 0.213. The Bertz CT molecular complexity index is 567. The van der Waals surface area contributed by atoms with Crippen molar-refractivity contribution in [1.29, 1.82) is 0 Å². The normalized spacial score (nSPS) is 11.8. The Hall–Kier alpha value is -1.58. The quantitative estimate of drug-likeness (QED) is 0.546. The molecule has 0 aliphatic rings. The fourth-order valence-electron chi connectivity index (χ4n) is 2.04. The Morgan fingerprint density at radius 3 is 2.09 bits per heavy atom. The van der Waals surface area contributed by atoms with E-state index in [0.29, 0.717) is 6.61 Å². The maximum Gasteiger partial charge on any atom is 0.1000 e. The van der Waals surface area contributed by atoms with Gasteiger partial charge >= 0.3 is 0 Å². The van der Waals surface area contributed by atoms with Crippen molar-refractivity contribution >= 4 is 21.5 Å². The van der Waals surface area contributed by atoms with E-state index in [0.717, 1.165) is 27.7 Å². The molecule has 2 aromatic carbocycles. The summed E-state index contributed by atoms with van der Waals surface area (Å²) in [7, 11) is 4.09. The van der Waals surface area contributed by atoms with Gasteiger partial charge in [-0.15, -0.1) is 0 Å². The summed E-state index contributed by atoms with van der Waals surface area (Å²) in [6, 6.07) is 16.8. The molecule has 0 amide bonds. The van der Waals surface area contributed by atoms with Gasteiger partial charge in [0.05, 0.1) is 12.9 Å². The summed E-state index contributed by atoms with van der Waals surface area (Å²) in [6.07, 6.45) is 1.87. The highest BCUT2D eigenvalue weighted by molar-refractivity contribution is 9.10. The van der Waals surface area contributed by atoms with Gasteiger partial charge in [-0.05, 0) is 44.3 Å². The molecule has 3 heteroatoms. The maximum atomic E-state index is 5.76. The Morgan fingerprint density at radius 2 is 1.55 bits per heavy atom. The number of nitrogens with zero attached hydrogens (tertiary/aromatic N) is 1. The van der Waals surface area contributed by atoms with E-state index in [1.807, 2.05) is 20.4 Å². The van der Waals surface area contributed by atoms with Crippen molar-refractivity contribution in [2.45, 2.75) is 6.92 Å². The fraction of sp³-hybridized carbons (Fsp3) is 0.263. The molecular formula is C19H22BrNO. The van der Waals surface area contributed by atoms with Crippen LogP contribution in [0.2, 0.25) is 0 Å². The second-order valence-corrected chi connectivity index (χ2v) is 6.49. The summed E-state index contributed by atoms with van der Waals surface area (Å²) in [6.45, 7) is 3.68. The summed E-state index contributed by atoms with van der Waals surface area (Å²) >= 11 is 3.48. The van der Waals surface area contributed by atoms with Gasteiger partial charge in [0.2, 0.25) is 0 Å². The van der Waals surface area contributed by atoms with E-state index >= 15 is 0 Å². The summed E-state index contributed by atoms with van der Waals surface area (Å²) < 4.78 is 6.84. The molecule has 22 heavy (non-hydrogen) atoms. The van der Waals surface area contributed by atoms with Crippen molar-refractivity contribution in [1.82, 2.24) is 4.90 Å². The predicted molar refractivity (Wildman–Crippen MR) is 96.9 cm³/mol. The number of hydrogen-bond donors (Lipinski definition) is 0. The highest BCUT2D eigenvalue weighted by Gasteiger charge is 2.06. The van der Waals surface area contributed by atoms with Crippen LogP contribution < -0.4 is 0 Å². The molecule has 0 saturated carbocycles. The number of benzene rings is 2. The third-order valence-electron chi connectivity index (χ3n) is 3.38. The van der Waals surface area contributed by atoms with Crippen LogP contribution in [0.4, 0.5) is 0 Å². The Kier molecular flexibility index (Phi) is 6.22. The van der Waals surface area contributed by atoms with E-state index in [9.17, 15) is 0 Å². The van der Waals surface area contributed by atoms with Crippen LogP contribution in [-0.2, 0) is 4.74 Å². The average molecular weight is 360 g/mol. The Balaban J connectivity index is 2.25. The number of hydrogen-bond acceptors (Lipinski definition) is 2. The van der Waals surface area contributed by atoms with Gasteiger partial charge in [0.1, 0.15) is 0 Å². The van der Waals surface area contributed by atoms with Gasteiger partial charge in [-0.25, -0.2) is 0 Å². The van der Waals surface area contributed by atoms with Crippen molar-refractivity contribution in [3.63, 3.8) is 0 Å².